The second kappa shape index (κ2) is 5.47. The van der Waals surface area contributed by atoms with Gasteiger partial charge in [0.1, 0.15) is 0 Å². The first-order valence-corrected chi connectivity index (χ1v) is 7.71. The summed E-state index contributed by atoms with van der Waals surface area (Å²) in [6.07, 6.45) is 1.54. The Labute approximate surface area is 109 Å². The van der Waals surface area contributed by atoms with Crippen molar-refractivity contribution in [3.63, 3.8) is 0 Å². The summed E-state index contributed by atoms with van der Waals surface area (Å²) in [6.45, 7) is -0.0512. The van der Waals surface area contributed by atoms with Crippen molar-refractivity contribution in [3.05, 3.63) is 47.0 Å². The Morgan fingerprint density at radius 3 is 2.44 bits per heavy atom. The lowest BCUT2D eigenvalue weighted by Gasteiger charge is -2.05. The van der Waals surface area contributed by atoms with Crippen molar-refractivity contribution in [2.75, 3.05) is 4.72 Å². The molecule has 0 saturated heterocycles. The van der Waals surface area contributed by atoms with Crippen LogP contribution in [0.3, 0.4) is 0 Å². The summed E-state index contributed by atoms with van der Waals surface area (Å²) in [7, 11) is -3.44. The summed E-state index contributed by atoms with van der Waals surface area (Å²) in [6, 6.07) is 6.78. The van der Waals surface area contributed by atoms with Gasteiger partial charge in [-0.2, -0.15) is 0 Å². The third kappa shape index (κ3) is 3.52. The highest BCUT2D eigenvalue weighted by atomic mass is 32.2. The Morgan fingerprint density at radius 1 is 1.22 bits per heavy atom. The van der Waals surface area contributed by atoms with Gasteiger partial charge in [0, 0.05) is 11.6 Å². The normalized spacial score (nSPS) is 11.4. The Balaban J connectivity index is 2.07. The number of benzene rings is 1. The first-order valence-electron chi connectivity index (χ1n) is 5.18. The number of aliphatic hydroxyl groups is 1. The van der Waals surface area contributed by atoms with Crippen molar-refractivity contribution in [3.8, 4) is 0 Å². The van der Waals surface area contributed by atoms with E-state index in [0.717, 1.165) is 5.56 Å². The van der Waals surface area contributed by atoms with Crippen molar-refractivity contribution in [2.24, 2.45) is 0 Å². The number of hydrogen-bond donors (Lipinski definition) is 2. The summed E-state index contributed by atoms with van der Waals surface area (Å²) in [5.74, 6) is -0.113. The molecule has 5 nitrogen and oxygen atoms in total. The van der Waals surface area contributed by atoms with Crippen LogP contribution in [0.4, 0.5) is 5.13 Å². The van der Waals surface area contributed by atoms with Gasteiger partial charge in [-0.1, -0.05) is 24.3 Å². The van der Waals surface area contributed by atoms with Gasteiger partial charge in [-0.15, -0.1) is 11.3 Å². The van der Waals surface area contributed by atoms with Gasteiger partial charge < -0.3 is 5.11 Å². The van der Waals surface area contributed by atoms with Crippen LogP contribution in [0, 0.1) is 0 Å². The SMILES string of the molecule is O=S(=O)(Cc1ccc(CO)cc1)Nc1nccs1. The van der Waals surface area contributed by atoms with Crippen LogP contribution < -0.4 is 4.72 Å². The average Bonchev–Trinajstić information content (AvgIpc) is 2.81. The molecule has 7 heteroatoms. The molecule has 0 amide bonds. The maximum Gasteiger partial charge on any atom is 0.238 e. The minimum absolute atomic E-state index is 0.0512. The molecule has 2 N–H and O–H groups in total. The molecule has 96 valence electrons. The number of nitrogens with zero attached hydrogens (tertiary/aromatic N) is 1. The van der Waals surface area contributed by atoms with E-state index in [2.05, 4.69) is 9.71 Å². The fraction of sp³-hybridized carbons (Fsp3) is 0.182. The number of aliphatic hydroxyl groups excluding tert-OH is 1. The minimum atomic E-state index is -3.44. The predicted molar refractivity (Wildman–Crippen MR) is 70.7 cm³/mol. The summed E-state index contributed by atoms with van der Waals surface area (Å²) in [5.41, 5.74) is 1.42. The molecule has 0 fully saturated rings. The van der Waals surface area contributed by atoms with Gasteiger partial charge >= 0.3 is 0 Å². The van der Waals surface area contributed by atoms with Crippen molar-refractivity contribution in [2.45, 2.75) is 12.4 Å². The van der Waals surface area contributed by atoms with Crippen molar-refractivity contribution in [1.29, 1.82) is 0 Å². The second-order valence-corrected chi connectivity index (χ2v) is 6.29. The summed E-state index contributed by atoms with van der Waals surface area (Å²) in [4.78, 5) is 3.87. The van der Waals surface area contributed by atoms with Crippen LogP contribution in [0.15, 0.2) is 35.8 Å². The number of rotatable bonds is 5. The Kier molecular flexibility index (Phi) is 3.95. The zero-order valence-electron chi connectivity index (χ0n) is 9.41. The van der Waals surface area contributed by atoms with Gasteiger partial charge in [-0.25, -0.2) is 13.4 Å². The van der Waals surface area contributed by atoms with E-state index in [4.69, 9.17) is 5.11 Å². The Hall–Kier alpha value is -1.44. The molecule has 0 unspecified atom stereocenters. The highest BCUT2D eigenvalue weighted by Gasteiger charge is 2.12. The van der Waals surface area contributed by atoms with Crippen LogP contribution in [0.25, 0.3) is 0 Å². The van der Waals surface area contributed by atoms with Crippen molar-refractivity contribution >= 4 is 26.5 Å². The molecule has 1 aromatic heterocycles. The lowest BCUT2D eigenvalue weighted by molar-refractivity contribution is 0.282. The molecular formula is C11H12N2O3S2. The third-order valence-corrected chi connectivity index (χ3v) is 4.27. The van der Waals surface area contributed by atoms with E-state index in [-0.39, 0.29) is 12.4 Å². The minimum Gasteiger partial charge on any atom is -0.392 e. The number of aromatic nitrogens is 1. The molecule has 0 radical (unpaired) electrons. The molecule has 2 aromatic rings. The molecule has 0 aliphatic carbocycles. The molecule has 0 saturated carbocycles. The molecule has 0 atom stereocenters. The predicted octanol–water partition coefficient (Wildman–Crippen LogP) is 1.58. The molecule has 2 rings (SSSR count). The van der Waals surface area contributed by atoms with E-state index in [0.29, 0.717) is 10.7 Å². The van der Waals surface area contributed by atoms with E-state index in [1.807, 2.05) is 0 Å². The third-order valence-electron chi connectivity index (χ3n) is 2.24. The first-order chi connectivity index (χ1) is 8.59. The number of thiazole rings is 1. The highest BCUT2D eigenvalue weighted by molar-refractivity contribution is 7.92. The monoisotopic (exact) mass is 284 g/mol. The average molecular weight is 284 g/mol. The number of hydrogen-bond acceptors (Lipinski definition) is 5. The molecule has 1 heterocycles. The van der Waals surface area contributed by atoms with Crippen LogP contribution in [0.5, 0.6) is 0 Å². The van der Waals surface area contributed by atoms with Gasteiger partial charge in [0.05, 0.1) is 12.4 Å². The van der Waals surface area contributed by atoms with Crippen molar-refractivity contribution in [1.82, 2.24) is 4.98 Å². The molecular weight excluding hydrogens is 272 g/mol. The summed E-state index contributed by atoms with van der Waals surface area (Å²) in [5, 5.41) is 11.0. The molecule has 0 spiro atoms. The molecule has 18 heavy (non-hydrogen) atoms. The van der Waals surface area contributed by atoms with Gasteiger partial charge in [-0.3, -0.25) is 4.72 Å². The lowest BCUT2D eigenvalue weighted by atomic mass is 10.2. The Bertz CT molecular complexity index is 592. The van der Waals surface area contributed by atoms with Crippen LogP contribution in [-0.4, -0.2) is 18.5 Å². The molecule has 0 aliphatic rings. The van der Waals surface area contributed by atoms with Crippen LogP contribution in [-0.2, 0) is 22.4 Å². The number of anilines is 1. The summed E-state index contributed by atoms with van der Waals surface area (Å²) < 4.78 is 26.1. The largest absolute Gasteiger partial charge is 0.392 e. The quantitative estimate of drug-likeness (QED) is 0.873. The van der Waals surface area contributed by atoms with E-state index >= 15 is 0 Å². The zero-order valence-corrected chi connectivity index (χ0v) is 11.0. The van der Waals surface area contributed by atoms with Gasteiger partial charge in [0.2, 0.25) is 10.0 Å². The van der Waals surface area contributed by atoms with E-state index in [1.54, 1.807) is 35.8 Å². The first kappa shape index (κ1) is 13.0. The topological polar surface area (TPSA) is 79.3 Å². The lowest BCUT2D eigenvalue weighted by Crippen LogP contribution is -2.14. The zero-order chi connectivity index (χ0) is 13.0. The molecule has 1 aromatic carbocycles. The van der Waals surface area contributed by atoms with E-state index in [9.17, 15) is 8.42 Å². The number of nitrogens with one attached hydrogen (secondary N) is 1. The van der Waals surface area contributed by atoms with E-state index in [1.165, 1.54) is 11.3 Å². The molecule has 0 bridgehead atoms. The standard InChI is InChI=1S/C11H12N2O3S2/c14-7-9-1-3-10(4-2-9)8-18(15,16)13-11-12-5-6-17-11/h1-6,14H,7-8H2,(H,12,13). The van der Waals surface area contributed by atoms with Crippen LogP contribution >= 0.6 is 11.3 Å². The number of sulfonamides is 1. The van der Waals surface area contributed by atoms with E-state index < -0.39 is 10.0 Å². The molecule has 0 aliphatic heterocycles. The maximum atomic E-state index is 11.8. The van der Waals surface area contributed by atoms with Crippen LogP contribution in [0.2, 0.25) is 0 Å². The maximum absolute atomic E-state index is 11.8. The highest BCUT2D eigenvalue weighted by Crippen LogP contribution is 2.15. The summed E-state index contributed by atoms with van der Waals surface area (Å²) >= 11 is 1.23. The second-order valence-electron chi connectivity index (χ2n) is 3.67. The fourth-order valence-electron chi connectivity index (χ4n) is 1.40. The van der Waals surface area contributed by atoms with Gasteiger partial charge in [0.15, 0.2) is 5.13 Å². The van der Waals surface area contributed by atoms with Gasteiger partial charge in [-0.05, 0) is 11.1 Å². The van der Waals surface area contributed by atoms with Gasteiger partial charge in [0.25, 0.3) is 0 Å². The fourth-order valence-corrected chi connectivity index (χ4v) is 3.37. The smallest absolute Gasteiger partial charge is 0.238 e. The van der Waals surface area contributed by atoms with Crippen LogP contribution in [0.1, 0.15) is 11.1 Å². The van der Waals surface area contributed by atoms with Crippen molar-refractivity contribution < 1.29 is 13.5 Å². The Morgan fingerprint density at radius 2 is 1.89 bits per heavy atom.